The lowest BCUT2D eigenvalue weighted by molar-refractivity contribution is 0.503. The van der Waals surface area contributed by atoms with Gasteiger partial charge in [0.15, 0.2) is 0 Å². The Labute approximate surface area is 80.2 Å². The number of aryl methyl sites for hydroxylation is 1. The van der Waals surface area contributed by atoms with Crippen molar-refractivity contribution in [3.63, 3.8) is 0 Å². The van der Waals surface area contributed by atoms with Crippen molar-refractivity contribution < 1.29 is 0 Å². The summed E-state index contributed by atoms with van der Waals surface area (Å²) in [5.41, 5.74) is 2.81. The maximum Gasteiger partial charge on any atom is 0.0346 e. The van der Waals surface area contributed by atoms with Crippen LogP contribution < -0.4 is 5.32 Å². The molecule has 13 heavy (non-hydrogen) atoms. The van der Waals surface area contributed by atoms with Crippen molar-refractivity contribution in [1.29, 1.82) is 0 Å². The van der Waals surface area contributed by atoms with Crippen molar-refractivity contribution in [2.75, 3.05) is 6.54 Å². The molecule has 0 radical (unpaired) electrons. The average molecular weight is 175 g/mol. The molecule has 0 amide bonds. The summed E-state index contributed by atoms with van der Waals surface area (Å²) in [5.74, 6) is 0.779. The fourth-order valence-electron chi connectivity index (χ4n) is 2.14. The highest BCUT2D eigenvalue weighted by atomic mass is 14.9. The highest BCUT2D eigenvalue weighted by Gasteiger charge is 2.23. The molecular weight excluding hydrogens is 158 g/mol. The Morgan fingerprint density at radius 3 is 2.85 bits per heavy atom. The number of rotatable bonds is 1. The van der Waals surface area contributed by atoms with Crippen LogP contribution in [0.25, 0.3) is 0 Å². The maximum absolute atomic E-state index is 3.55. The van der Waals surface area contributed by atoms with Gasteiger partial charge >= 0.3 is 0 Å². The highest BCUT2D eigenvalue weighted by Crippen LogP contribution is 2.28. The molecule has 0 aromatic heterocycles. The Morgan fingerprint density at radius 2 is 2.23 bits per heavy atom. The van der Waals surface area contributed by atoms with Gasteiger partial charge in [-0.25, -0.2) is 0 Å². The van der Waals surface area contributed by atoms with Crippen LogP contribution in [0, 0.1) is 12.8 Å². The Balaban J connectivity index is 2.24. The molecule has 1 aliphatic rings. The maximum atomic E-state index is 3.55. The minimum atomic E-state index is 0.583. The molecule has 0 unspecified atom stereocenters. The van der Waals surface area contributed by atoms with E-state index in [1.807, 2.05) is 0 Å². The molecule has 0 aliphatic carbocycles. The zero-order valence-electron chi connectivity index (χ0n) is 8.38. The van der Waals surface area contributed by atoms with Crippen LogP contribution >= 0.6 is 0 Å². The average Bonchev–Trinajstić information content (AvgIpc) is 2.51. The van der Waals surface area contributed by atoms with Gasteiger partial charge in [0, 0.05) is 6.04 Å². The highest BCUT2D eigenvalue weighted by molar-refractivity contribution is 5.26. The molecule has 1 heterocycles. The molecule has 0 bridgehead atoms. The van der Waals surface area contributed by atoms with Gasteiger partial charge in [-0.3, -0.25) is 0 Å². The summed E-state index contributed by atoms with van der Waals surface area (Å²) in [7, 11) is 0. The van der Waals surface area contributed by atoms with Gasteiger partial charge in [-0.05, 0) is 31.4 Å². The number of nitrogens with one attached hydrogen (secondary N) is 1. The summed E-state index contributed by atoms with van der Waals surface area (Å²) >= 11 is 0. The van der Waals surface area contributed by atoms with Crippen molar-refractivity contribution in [1.82, 2.24) is 5.32 Å². The van der Waals surface area contributed by atoms with E-state index in [9.17, 15) is 0 Å². The van der Waals surface area contributed by atoms with E-state index in [0.717, 1.165) is 5.92 Å². The molecule has 0 spiro atoms. The molecule has 2 rings (SSSR count). The second-order valence-electron chi connectivity index (χ2n) is 4.11. The minimum Gasteiger partial charge on any atom is -0.310 e. The quantitative estimate of drug-likeness (QED) is 0.692. The van der Waals surface area contributed by atoms with E-state index in [2.05, 4.69) is 43.4 Å². The summed E-state index contributed by atoms with van der Waals surface area (Å²) in [5, 5.41) is 3.55. The summed E-state index contributed by atoms with van der Waals surface area (Å²) in [4.78, 5) is 0. The molecule has 1 N–H and O–H groups in total. The SMILES string of the molecule is Cc1cccc([C@H]2NCC[C@@H]2C)c1. The zero-order chi connectivity index (χ0) is 9.26. The molecule has 2 atom stereocenters. The second kappa shape index (κ2) is 3.51. The predicted octanol–water partition coefficient (Wildman–Crippen LogP) is 2.67. The van der Waals surface area contributed by atoms with Crippen LogP contribution in [0.4, 0.5) is 0 Å². The van der Waals surface area contributed by atoms with Gasteiger partial charge in [-0.15, -0.1) is 0 Å². The Bertz CT molecular complexity index is 293. The van der Waals surface area contributed by atoms with Crippen LogP contribution in [0.15, 0.2) is 24.3 Å². The van der Waals surface area contributed by atoms with Crippen LogP contribution in [-0.2, 0) is 0 Å². The molecule has 0 saturated carbocycles. The van der Waals surface area contributed by atoms with E-state index >= 15 is 0 Å². The second-order valence-corrected chi connectivity index (χ2v) is 4.11. The van der Waals surface area contributed by atoms with Crippen LogP contribution in [0.3, 0.4) is 0 Å². The smallest absolute Gasteiger partial charge is 0.0346 e. The first-order valence-electron chi connectivity index (χ1n) is 5.07. The van der Waals surface area contributed by atoms with Crippen molar-refractivity contribution in [3.05, 3.63) is 35.4 Å². The lowest BCUT2D eigenvalue weighted by atomic mass is 9.95. The fraction of sp³-hybridized carbons (Fsp3) is 0.500. The summed E-state index contributed by atoms with van der Waals surface area (Å²) in [6.07, 6.45) is 1.30. The van der Waals surface area contributed by atoms with Gasteiger partial charge in [0.2, 0.25) is 0 Å². The molecule has 1 heteroatoms. The monoisotopic (exact) mass is 175 g/mol. The minimum absolute atomic E-state index is 0.583. The van der Waals surface area contributed by atoms with Gasteiger partial charge in [0.25, 0.3) is 0 Å². The zero-order valence-corrected chi connectivity index (χ0v) is 8.38. The number of hydrogen-bond acceptors (Lipinski definition) is 1. The summed E-state index contributed by atoms with van der Waals surface area (Å²) < 4.78 is 0. The molecule has 1 aromatic carbocycles. The Hall–Kier alpha value is -0.820. The predicted molar refractivity (Wildman–Crippen MR) is 55.7 cm³/mol. The molecular formula is C12H17N. The van der Waals surface area contributed by atoms with Crippen molar-refractivity contribution in [2.24, 2.45) is 5.92 Å². The first-order chi connectivity index (χ1) is 6.27. The third kappa shape index (κ3) is 1.75. The molecule has 1 saturated heterocycles. The fourth-order valence-corrected chi connectivity index (χ4v) is 2.14. The van der Waals surface area contributed by atoms with E-state index in [1.54, 1.807) is 0 Å². The van der Waals surface area contributed by atoms with Gasteiger partial charge < -0.3 is 5.32 Å². The van der Waals surface area contributed by atoms with E-state index < -0.39 is 0 Å². The van der Waals surface area contributed by atoms with Crippen LogP contribution in [0.2, 0.25) is 0 Å². The van der Waals surface area contributed by atoms with Crippen molar-refractivity contribution in [3.8, 4) is 0 Å². The Kier molecular flexibility index (Phi) is 2.36. The van der Waals surface area contributed by atoms with Crippen LogP contribution in [0.1, 0.15) is 30.5 Å². The molecule has 1 aromatic rings. The topological polar surface area (TPSA) is 12.0 Å². The van der Waals surface area contributed by atoms with E-state index in [0.29, 0.717) is 6.04 Å². The first kappa shape index (κ1) is 8.76. The molecule has 1 aliphatic heterocycles. The molecule has 1 nitrogen and oxygen atoms in total. The third-order valence-corrected chi connectivity index (χ3v) is 2.93. The summed E-state index contributed by atoms with van der Waals surface area (Å²) in [6.45, 7) is 5.65. The number of benzene rings is 1. The van der Waals surface area contributed by atoms with Gasteiger partial charge in [-0.1, -0.05) is 36.8 Å². The first-order valence-corrected chi connectivity index (χ1v) is 5.07. The standard InChI is InChI=1S/C12H17N/c1-9-4-3-5-11(8-9)12-10(2)6-7-13-12/h3-5,8,10,12-13H,6-7H2,1-2H3/t10-,12-/m0/s1. The van der Waals surface area contributed by atoms with Crippen LogP contribution in [-0.4, -0.2) is 6.54 Å². The van der Waals surface area contributed by atoms with Crippen molar-refractivity contribution >= 4 is 0 Å². The Morgan fingerprint density at radius 1 is 1.38 bits per heavy atom. The van der Waals surface area contributed by atoms with E-state index in [4.69, 9.17) is 0 Å². The summed E-state index contributed by atoms with van der Waals surface area (Å²) in [6, 6.07) is 9.41. The van der Waals surface area contributed by atoms with Gasteiger partial charge in [0.1, 0.15) is 0 Å². The molecule has 70 valence electrons. The van der Waals surface area contributed by atoms with E-state index in [-0.39, 0.29) is 0 Å². The normalized spacial score (nSPS) is 27.8. The van der Waals surface area contributed by atoms with Gasteiger partial charge in [0.05, 0.1) is 0 Å². The lowest BCUT2D eigenvalue weighted by Crippen LogP contribution is -2.16. The van der Waals surface area contributed by atoms with E-state index in [1.165, 1.54) is 24.1 Å². The largest absolute Gasteiger partial charge is 0.310 e. The van der Waals surface area contributed by atoms with Gasteiger partial charge in [-0.2, -0.15) is 0 Å². The molecule has 1 fully saturated rings. The number of hydrogen-bond donors (Lipinski definition) is 1. The third-order valence-electron chi connectivity index (χ3n) is 2.93. The lowest BCUT2D eigenvalue weighted by Gasteiger charge is -2.16. The van der Waals surface area contributed by atoms with Crippen molar-refractivity contribution in [2.45, 2.75) is 26.3 Å². The van der Waals surface area contributed by atoms with Crippen LogP contribution in [0.5, 0.6) is 0 Å².